The van der Waals surface area contributed by atoms with Gasteiger partial charge in [0.15, 0.2) is 0 Å². The third kappa shape index (κ3) is 5.46. The lowest BCUT2D eigenvalue weighted by Gasteiger charge is -2.21. The zero-order chi connectivity index (χ0) is 37.6. The van der Waals surface area contributed by atoms with Gasteiger partial charge in [-0.1, -0.05) is 54.1 Å². The van der Waals surface area contributed by atoms with Gasteiger partial charge in [0.25, 0.3) is 0 Å². The highest BCUT2D eigenvalue weighted by atomic mass is 19.4. The molecule has 6 aromatic carbocycles. The van der Waals surface area contributed by atoms with E-state index >= 15 is 0 Å². The van der Waals surface area contributed by atoms with E-state index in [0.717, 1.165) is 34.5 Å². The normalized spacial score (nSPS) is 12.7. The Labute approximate surface area is 294 Å². The van der Waals surface area contributed by atoms with E-state index in [4.69, 9.17) is 0 Å². The molecule has 264 valence electrons. The van der Waals surface area contributed by atoms with Gasteiger partial charge in [0, 0.05) is 21.5 Å². The molecule has 0 unspecified atom stereocenters. The van der Waals surface area contributed by atoms with Gasteiger partial charge in [-0.25, -0.2) is 0 Å². The average molecular weight is 728 g/mol. The molecule has 0 aliphatic carbocycles. The number of nitrogens with zero attached hydrogens (tertiary/aromatic N) is 3. The molecule has 0 aliphatic rings. The second-order valence-electron chi connectivity index (χ2n) is 12.7. The van der Waals surface area contributed by atoms with Gasteiger partial charge < -0.3 is 9.13 Å². The fraction of sp³-hybridized carbons (Fsp3) is 0.0976. The molecule has 0 amide bonds. The molecule has 0 fully saturated rings. The molecule has 0 saturated carbocycles. The van der Waals surface area contributed by atoms with Gasteiger partial charge in [0.2, 0.25) is 0 Å². The number of halogens is 9. The maximum absolute atomic E-state index is 14.7. The monoisotopic (exact) mass is 727 g/mol. The van der Waals surface area contributed by atoms with Gasteiger partial charge in [0.1, 0.15) is 11.6 Å². The Morgan fingerprint density at radius 2 is 0.962 bits per heavy atom. The quantitative estimate of drug-likeness (QED) is 0.167. The summed E-state index contributed by atoms with van der Waals surface area (Å²) in [7, 11) is 0. The average Bonchev–Trinajstić information content (AvgIpc) is 3.61. The summed E-state index contributed by atoms with van der Waals surface area (Å²) in [6.45, 7) is 1.89. The Bertz CT molecular complexity index is 2830. The standard InChI is InChI=1S/C41H22F9N3/c1-22-10-14-35-29(16-22)27-6-2-4-8-33(27)52(35)37-17-23(26-13-11-25(40(45,46)47)20-32(26)41(48,49)50)18-38(31(37)21-51)53-34-9-5-3-7-28(34)30-19-24(39(42,43)44)12-15-36(30)53/h2-20H,1H3. The first-order valence-electron chi connectivity index (χ1n) is 16.0. The molecular formula is C41H22F9N3. The Morgan fingerprint density at radius 1 is 0.491 bits per heavy atom. The predicted octanol–water partition coefficient (Wildman–Crippen LogP) is 12.8. The van der Waals surface area contributed by atoms with Crippen molar-refractivity contribution in [2.75, 3.05) is 0 Å². The lowest BCUT2D eigenvalue weighted by atomic mass is 9.94. The van der Waals surface area contributed by atoms with E-state index in [-0.39, 0.29) is 39.5 Å². The Kier molecular flexibility index (Phi) is 7.45. The van der Waals surface area contributed by atoms with Gasteiger partial charge in [0.05, 0.1) is 50.1 Å². The number of aryl methyl sites for hydroxylation is 1. The maximum atomic E-state index is 14.7. The summed E-state index contributed by atoms with van der Waals surface area (Å²) in [5, 5.41) is 13.0. The van der Waals surface area contributed by atoms with Crippen LogP contribution in [0.2, 0.25) is 0 Å². The van der Waals surface area contributed by atoms with Crippen LogP contribution in [-0.4, -0.2) is 9.13 Å². The number of alkyl halides is 9. The SMILES string of the molecule is Cc1ccc2c(c1)c1ccccc1n2-c1cc(-c2ccc(C(F)(F)F)cc2C(F)(F)F)cc(-n2c3ccccc3c3cc(C(F)(F)F)ccc32)c1C#N. The van der Waals surface area contributed by atoms with E-state index in [9.17, 15) is 44.8 Å². The molecule has 3 nitrogen and oxygen atoms in total. The van der Waals surface area contributed by atoms with Crippen molar-refractivity contribution in [2.24, 2.45) is 0 Å². The smallest absolute Gasteiger partial charge is 0.308 e. The molecule has 53 heavy (non-hydrogen) atoms. The van der Waals surface area contributed by atoms with E-state index < -0.39 is 40.8 Å². The zero-order valence-corrected chi connectivity index (χ0v) is 27.2. The number of para-hydroxylation sites is 2. The van der Waals surface area contributed by atoms with Crippen molar-refractivity contribution in [3.8, 4) is 28.6 Å². The molecule has 8 aromatic rings. The van der Waals surface area contributed by atoms with E-state index in [2.05, 4.69) is 6.07 Å². The Balaban J connectivity index is 1.56. The van der Waals surface area contributed by atoms with Gasteiger partial charge in [-0.3, -0.25) is 0 Å². The molecule has 0 N–H and O–H groups in total. The minimum absolute atomic E-state index is 0.0111. The summed E-state index contributed by atoms with van der Waals surface area (Å²) in [5.41, 5.74) is -1.99. The van der Waals surface area contributed by atoms with Crippen molar-refractivity contribution in [1.82, 2.24) is 9.13 Å². The highest BCUT2D eigenvalue weighted by molar-refractivity contribution is 6.11. The Hall–Kier alpha value is -6.22. The fourth-order valence-electron chi connectivity index (χ4n) is 7.20. The number of fused-ring (bicyclic) bond motifs is 6. The molecule has 2 heterocycles. The summed E-state index contributed by atoms with van der Waals surface area (Å²) < 4.78 is 130. The first-order chi connectivity index (χ1) is 25.1. The lowest BCUT2D eigenvalue weighted by molar-refractivity contribution is -0.143. The molecular weight excluding hydrogens is 705 g/mol. The number of hydrogen-bond acceptors (Lipinski definition) is 1. The van der Waals surface area contributed by atoms with Crippen molar-refractivity contribution in [3.05, 3.63) is 143 Å². The second-order valence-corrected chi connectivity index (χ2v) is 12.7. The van der Waals surface area contributed by atoms with E-state index in [0.29, 0.717) is 28.0 Å². The van der Waals surface area contributed by atoms with Gasteiger partial charge in [-0.15, -0.1) is 0 Å². The fourth-order valence-corrected chi connectivity index (χ4v) is 7.20. The third-order valence-corrected chi connectivity index (χ3v) is 9.48. The summed E-state index contributed by atoms with van der Waals surface area (Å²) in [6.07, 6.45) is -15.0. The topological polar surface area (TPSA) is 33.6 Å². The van der Waals surface area contributed by atoms with Crippen molar-refractivity contribution in [2.45, 2.75) is 25.5 Å². The highest BCUT2D eigenvalue weighted by Gasteiger charge is 2.39. The van der Waals surface area contributed by atoms with Crippen molar-refractivity contribution >= 4 is 43.6 Å². The van der Waals surface area contributed by atoms with Crippen LogP contribution in [0.15, 0.2) is 115 Å². The van der Waals surface area contributed by atoms with Crippen LogP contribution < -0.4 is 0 Å². The molecule has 0 atom stereocenters. The first-order valence-corrected chi connectivity index (χ1v) is 16.0. The molecule has 0 aliphatic heterocycles. The van der Waals surface area contributed by atoms with E-state index in [1.165, 1.54) is 22.8 Å². The Morgan fingerprint density at radius 3 is 1.49 bits per heavy atom. The molecule has 0 radical (unpaired) electrons. The third-order valence-electron chi connectivity index (χ3n) is 9.48. The molecule has 12 heteroatoms. The van der Waals surface area contributed by atoms with Gasteiger partial charge in [-0.05, 0) is 84.8 Å². The van der Waals surface area contributed by atoms with Crippen molar-refractivity contribution in [1.29, 1.82) is 5.26 Å². The molecule has 0 bridgehead atoms. The van der Waals surface area contributed by atoms with Crippen LogP contribution in [0.1, 0.15) is 27.8 Å². The van der Waals surface area contributed by atoms with Crippen LogP contribution in [0, 0.1) is 18.3 Å². The minimum atomic E-state index is -5.23. The van der Waals surface area contributed by atoms with Gasteiger partial charge in [-0.2, -0.15) is 44.8 Å². The first kappa shape index (κ1) is 33.9. The summed E-state index contributed by atoms with van der Waals surface area (Å²) in [4.78, 5) is 0. The van der Waals surface area contributed by atoms with E-state index in [1.54, 1.807) is 47.0 Å². The zero-order valence-electron chi connectivity index (χ0n) is 27.2. The van der Waals surface area contributed by atoms with Crippen molar-refractivity contribution in [3.63, 3.8) is 0 Å². The summed E-state index contributed by atoms with van der Waals surface area (Å²) in [6, 6.07) is 28.5. The summed E-state index contributed by atoms with van der Waals surface area (Å²) >= 11 is 0. The van der Waals surface area contributed by atoms with Crippen LogP contribution in [0.5, 0.6) is 0 Å². The van der Waals surface area contributed by atoms with Crippen LogP contribution in [0.4, 0.5) is 39.5 Å². The highest BCUT2D eigenvalue weighted by Crippen LogP contribution is 2.45. The molecule has 8 rings (SSSR count). The second kappa shape index (κ2) is 11.6. The number of nitriles is 1. The molecule has 0 saturated heterocycles. The largest absolute Gasteiger partial charge is 0.417 e. The summed E-state index contributed by atoms with van der Waals surface area (Å²) in [5.74, 6) is 0. The number of benzene rings is 6. The number of rotatable bonds is 3. The predicted molar refractivity (Wildman–Crippen MR) is 185 cm³/mol. The van der Waals surface area contributed by atoms with Crippen LogP contribution in [0.25, 0.3) is 66.1 Å². The number of aromatic nitrogens is 2. The number of hydrogen-bond donors (Lipinski definition) is 0. The molecule has 0 spiro atoms. The maximum Gasteiger partial charge on any atom is 0.417 e. The van der Waals surface area contributed by atoms with Gasteiger partial charge >= 0.3 is 18.5 Å². The van der Waals surface area contributed by atoms with E-state index in [1.807, 2.05) is 31.2 Å². The molecule has 2 aromatic heterocycles. The minimum Gasteiger partial charge on any atom is -0.308 e. The van der Waals surface area contributed by atoms with Crippen LogP contribution >= 0.6 is 0 Å². The van der Waals surface area contributed by atoms with Crippen molar-refractivity contribution < 1.29 is 39.5 Å². The lowest BCUT2D eigenvalue weighted by Crippen LogP contribution is -2.12. The van der Waals surface area contributed by atoms with Crippen LogP contribution in [-0.2, 0) is 18.5 Å². The van der Waals surface area contributed by atoms with Crippen LogP contribution in [0.3, 0.4) is 0 Å².